The van der Waals surface area contributed by atoms with Gasteiger partial charge in [0.1, 0.15) is 12.6 Å². The molecule has 1 unspecified atom stereocenters. The van der Waals surface area contributed by atoms with E-state index in [2.05, 4.69) is 5.32 Å². The number of hydrogen-bond acceptors (Lipinski definition) is 3. The lowest BCUT2D eigenvalue weighted by atomic mass is 10.0. The average Bonchev–Trinajstić information content (AvgIpc) is 2.59. The molecule has 0 spiro atoms. The zero-order chi connectivity index (χ0) is 15.8. The molecule has 0 saturated carbocycles. The van der Waals surface area contributed by atoms with Gasteiger partial charge < -0.3 is 10.1 Å². The zero-order valence-electron chi connectivity index (χ0n) is 11.9. The van der Waals surface area contributed by atoms with Crippen molar-refractivity contribution in [3.63, 3.8) is 0 Å². The number of nitrogens with one attached hydrogen (secondary N) is 1. The number of rotatable bonds is 6. The van der Waals surface area contributed by atoms with Crippen molar-refractivity contribution in [3.8, 4) is 0 Å². The molecular formula is C17H16ClNO3. The molecule has 2 aromatic carbocycles. The molecule has 0 heterocycles. The van der Waals surface area contributed by atoms with Crippen LogP contribution in [0.25, 0.3) is 0 Å². The Hall–Kier alpha value is -2.33. The van der Waals surface area contributed by atoms with Gasteiger partial charge in [0, 0.05) is 0 Å². The van der Waals surface area contributed by atoms with Crippen LogP contribution in [0.1, 0.15) is 17.2 Å². The highest BCUT2D eigenvalue weighted by molar-refractivity contribution is 6.28. The van der Waals surface area contributed by atoms with Crippen molar-refractivity contribution >= 4 is 23.5 Å². The van der Waals surface area contributed by atoms with Gasteiger partial charge in [0.15, 0.2) is 5.78 Å². The summed E-state index contributed by atoms with van der Waals surface area (Å²) in [7, 11) is 0. The van der Waals surface area contributed by atoms with Crippen LogP contribution < -0.4 is 5.32 Å². The molecule has 2 rings (SSSR count). The summed E-state index contributed by atoms with van der Waals surface area (Å²) < 4.78 is 5.13. The van der Waals surface area contributed by atoms with Crippen molar-refractivity contribution in [1.82, 2.24) is 5.32 Å². The fourth-order valence-electron chi connectivity index (χ4n) is 1.95. The van der Waals surface area contributed by atoms with Crippen LogP contribution in [0.15, 0.2) is 60.7 Å². The van der Waals surface area contributed by atoms with E-state index in [1.807, 2.05) is 36.4 Å². The summed E-state index contributed by atoms with van der Waals surface area (Å²) >= 11 is 5.61. The maximum atomic E-state index is 11.9. The maximum Gasteiger partial charge on any atom is 0.408 e. The van der Waals surface area contributed by atoms with Crippen LogP contribution >= 0.6 is 11.6 Å². The molecule has 0 radical (unpaired) electrons. The van der Waals surface area contributed by atoms with Crippen LogP contribution in [0.3, 0.4) is 0 Å². The second kappa shape index (κ2) is 8.20. The monoisotopic (exact) mass is 317 g/mol. The molecule has 0 aliphatic rings. The molecule has 1 N–H and O–H groups in total. The third kappa shape index (κ3) is 4.60. The molecule has 0 aliphatic carbocycles. The number of alkyl halides is 1. The molecule has 1 amide bonds. The summed E-state index contributed by atoms with van der Waals surface area (Å²) in [6, 6.07) is 17.4. The van der Waals surface area contributed by atoms with Crippen molar-refractivity contribution in [3.05, 3.63) is 71.8 Å². The fraction of sp³-hybridized carbons (Fsp3) is 0.176. The molecule has 0 bridgehead atoms. The van der Waals surface area contributed by atoms with Crippen molar-refractivity contribution in [2.45, 2.75) is 12.6 Å². The van der Waals surface area contributed by atoms with E-state index in [4.69, 9.17) is 16.3 Å². The first-order chi connectivity index (χ1) is 10.7. The fourth-order valence-corrected chi connectivity index (χ4v) is 2.11. The Morgan fingerprint density at radius 1 is 1.00 bits per heavy atom. The number of ketones is 1. The van der Waals surface area contributed by atoms with E-state index in [-0.39, 0.29) is 18.3 Å². The lowest BCUT2D eigenvalue weighted by Gasteiger charge is -2.17. The highest BCUT2D eigenvalue weighted by atomic mass is 35.5. The molecule has 0 aromatic heterocycles. The molecule has 0 saturated heterocycles. The van der Waals surface area contributed by atoms with E-state index < -0.39 is 12.1 Å². The van der Waals surface area contributed by atoms with E-state index in [9.17, 15) is 9.59 Å². The van der Waals surface area contributed by atoms with Crippen molar-refractivity contribution < 1.29 is 14.3 Å². The summed E-state index contributed by atoms with van der Waals surface area (Å²) in [5.74, 6) is -0.469. The van der Waals surface area contributed by atoms with Gasteiger partial charge in [0.05, 0.1) is 5.88 Å². The third-order valence-electron chi connectivity index (χ3n) is 3.06. The lowest BCUT2D eigenvalue weighted by molar-refractivity contribution is -0.118. The molecule has 114 valence electrons. The Morgan fingerprint density at radius 2 is 1.59 bits per heavy atom. The number of halogens is 1. The average molecular weight is 318 g/mol. The zero-order valence-corrected chi connectivity index (χ0v) is 12.6. The number of alkyl carbamates (subject to hydrolysis) is 1. The topological polar surface area (TPSA) is 55.4 Å². The quantitative estimate of drug-likeness (QED) is 0.830. The van der Waals surface area contributed by atoms with Gasteiger partial charge in [-0.25, -0.2) is 4.79 Å². The van der Waals surface area contributed by atoms with Crippen LogP contribution in [0.5, 0.6) is 0 Å². The standard InChI is InChI=1S/C17H16ClNO3/c18-11-15(20)16(14-9-5-2-6-10-14)19-17(21)22-12-13-7-3-1-4-8-13/h1-10,16H,11-12H2,(H,19,21). The smallest absolute Gasteiger partial charge is 0.408 e. The van der Waals surface area contributed by atoms with Gasteiger partial charge in [0.25, 0.3) is 0 Å². The summed E-state index contributed by atoms with van der Waals surface area (Å²) in [5, 5.41) is 2.56. The van der Waals surface area contributed by atoms with Gasteiger partial charge in [-0.15, -0.1) is 11.6 Å². The van der Waals surface area contributed by atoms with Crippen LogP contribution in [0.2, 0.25) is 0 Å². The Labute approximate surface area is 134 Å². The predicted octanol–water partition coefficient (Wildman–Crippen LogP) is 3.46. The van der Waals surface area contributed by atoms with E-state index in [1.54, 1.807) is 24.3 Å². The van der Waals surface area contributed by atoms with E-state index in [0.717, 1.165) is 5.56 Å². The minimum absolute atomic E-state index is 0.142. The van der Waals surface area contributed by atoms with Gasteiger partial charge in [0.2, 0.25) is 0 Å². The van der Waals surface area contributed by atoms with Crippen molar-refractivity contribution in [2.24, 2.45) is 0 Å². The highest BCUT2D eigenvalue weighted by Gasteiger charge is 2.22. The first-order valence-corrected chi connectivity index (χ1v) is 7.35. The summed E-state index contributed by atoms with van der Waals surface area (Å²) in [4.78, 5) is 23.8. The molecule has 1 atom stereocenters. The predicted molar refractivity (Wildman–Crippen MR) is 84.7 cm³/mol. The molecule has 0 fully saturated rings. The second-order valence-corrected chi connectivity index (χ2v) is 4.92. The number of Topliss-reactive ketones (excluding diaryl/α,β-unsaturated/α-hetero) is 1. The van der Waals surface area contributed by atoms with Gasteiger partial charge in [-0.2, -0.15) is 0 Å². The van der Waals surface area contributed by atoms with E-state index in [1.165, 1.54) is 0 Å². The molecule has 2 aromatic rings. The normalized spacial score (nSPS) is 11.5. The van der Waals surface area contributed by atoms with Gasteiger partial charge in [-0.05, 0) is 11.1 Å². The van der Waals surface area contributed by atoms with Crippen molar-refractivity contribution in [1.29, 1.82) is 0 Å². The number of benzene rings is 2. The van der Waals surface area contributed by atoms with Crippen LogP contribution in [-0.2, 0) is 16.1 Å². The Balaban J connectivity index is 1.98. The minimum atomic E-state index is -0.804. The summed E-state index contributed by atoms with van der Waals surface area (Å²) in [6.45, 7) is 0.142. The second-order valence-electron chi connectivity index (χ2n) is 4.65. The highest BCUT2D eigenvalue weighted by Crippen LogP contribution is 2.15. The Morgan fingerprint density at radius 3 is 2.18 bits per heavy atom. The van der Waals surface area contributed by atoms with Gasteiger partial charge in [-0.3, -0.25) is 4.79 Å². The first-order valence-electron chi connectivity index (χ1n) is 6.81. The number of amides is 1. The molecule has 5 heteroatoms. The van der Waals surface area contributed by atoms with E-state index >= 15 is 0 Å². The van der Waals surface area contributed by atoms with Crippen LogP contribution in [0.4, 0.5) is 4.79 Å². The SMILES string of the molecule is O=C(NC(C(=O)CCl)c1ccccc1)OCc1ccccc1. The Bertz CT molecular complexity index is 616. The maximum absolute atomic E-state index is 11.9. The van der Waals surface area contributed by atoms with Gasteiger partial charge >= 0.3 is 6.09 Å². The molecule has 4 nitrogen and oxygen atoms in total. The largest absolute Gasteiger partial charge is 0.445 e. The molecule has 0 aliphatic heterocycles. The number of carbonyl (C=O) groups excluding carboxylic acids is 2. The molecular weight excluding hydrogens is 302 g/mol. The number of ether oxygens (including phenoxy) is 1. The third-order valence-corrected chi connectivity index (χ3v) is 3.32. The lowest BCUT2D eigenvalue weighted by Crippen LogP contribution is -2.34. The number of hydrogen-bond donors (Lipinski definition) is 1. The molecule has 22 heavy (non-hydrogen) atoms. The minimum Gasteiger partial charge on any atom is -0.445 e. The van der Waals surface area contributed by atoms with Gasteiger partial charge in [-0.1, -0.05) is 60.7 Å². The van der Waals surface area contributed by atoms with Crippen molar-refractivity contribution in [2.75, 3.05) is 5.88 Å². The summed E-state index contributed by atoms with van der Waals surface area (Å²) in [5.41, 5.74) is 1.54. The van der Waals surface area contributed by atoms with Crippen LogP contribution in [0, 0.1) is 0 Å². The number of carbonyl (C=O) groups is 2. The Kier molecular flexibility index (Phi) is 5.98. The van der Waals surface area contributed by atoms with Crippen LogP contribution in [-0.4, -0.2) is 17.8 Å². The first kappa shape index (κ1) is 16.0. The van der Waals surface area contributed by atoms with E-state index in [0.29, 0.717) is 5.56 Å². The summed E-state index contributed by atoms with van der Waals surface area (Å²) in [6.07, 6.45) is -0.656.